The van der Waals surface area contributed by atoms with E-state index < -0.39 is 0 Å². The molecule has 3 atom stereocenters. The zero-order chi connectivity index (χ0) is 11.8. The first-order chi connectivity index (χ1) is 8.24. The maximum atomic E-state index is 6.05. The summed E-state index contributed by atoms with van der Waals surface area (Å²) in [5, 5.41) is 0. The van der Waals surface area contributed by atoms with E-state index in [2.05, 4.69) is 30.8 Å². The Morgan fingerprint density at radius 2 is 2.12 bits per heavy atom. The van der Waals surface area contributed by atoms with E-state index >= 15 is 0 Å². The Bertz CT molecular complexity index is 411. The first-order valence-electron chi connectivity index (χ1n) is 6.20. The third kappa shape index (κ3) is 2.18. The Morgan fingerprint density at radius 1 is 1.29 bits per heavy atom. The number of fused-ring (bicyclic) bond motifs is 1. The van der Waals surface area contributed by atoms with E-state index in [9.17, 15) is 0 Å². The van der Waals surface area contributed by atoms with Crippen LogP contribution in [0.3, 0.4) is 0 Å². The molecule has 2 heterocycles. The summed E-state index contributed by atoms with van der Waals surface area (Å²) >= 11 is 3.53. The van der Waals surface area contributed by atoms with Crippen molar-refractivity contribution < 1.29 is 0 Å². The maximum absolute atomic E-state index is 6.05. The fourth-order valence-electron chi connectivity index (χ4n) is 3.18. The lowest BCUT2D eigenvalue weighted by Gasteiger charge is -2.27. The molecule has 4 nitrogen and oxygen atoms in total. The van der Waals surface area contributed by atoms with Gasteiger partial charge >= 0.3 is 0 Å². The molecule has 1 saturated carbocycles. The normalized spacial score (nSPS) is 32.6. The number of aromatic nitrogens is 2. The summed E-state index contributed by atoms with van der Waals surface area (Å²) in [5.74, 6) is 2.58. The SMILES string of the molecule is NC1CC[C@@H]2CN(c3ncncc3Br)C[C@@H]2C1. The van der Waals surface area contributed by atoms with Crippen molar-refractivity contribution in [3.8, 4) is 0 Å². The van der Waals surface area contributed by atoms with Gasteiger partial charge < -0.3 is 10.6 Å². The molecule has 2 aliphatic rings. The lowest BCUT2D eigenvalue weighted by atomic mass is 9.79. The quantitative estimate of drug-likeness (QED) is 0.859. The average molecular weight is 297 g/mol. The van der Waals surface area contributed by atoms with Crippen LogP contribution in [0.2, 0.25) is 0 Å². The highest BCUT2D eigenvalue weighted by Gasteiger charge is 2.37. The molecule has 1 unspecified atom stereocenters. The lowest BCUT2D eigenvalue weighted by Crippen LogP contribution is -2.32. The summed E-state index contributed by atoms with van der Waals surface area (Å²) < 4.78 is 0.989. The topological polar surface area (TPSA) is 55.0 Å². The minimum atomic E-state index is 0.407. The molecular formula is C12H17BrN4. The van der Waals surface area contributed by atoms with E-state index in [0.717, 1.165) is 35.2 Å². The van der Waals surface area contributed by atoms with Crippen LogP contribution in [0, 0.1) is 11.8 Å². The summed E-state index contributed by atoms with van der Waals surface area (Å²) in [5.41, 5.74) is 6.05. The minimum Gasteiger partial charge on any atom is -0.355 e. The fourth-order valence-corrected chi connectivity index (χ4v) is 3.65. The zero-order valence-corrected chi connectivity index (χ0v) is 11.3. The van der Waals surface area contributed by atoms with Crippen LogP contribution < -0.4 is 10.6 Å². The second-order valence-corrected chi connectivity index (χ2v) is 6.05. The molecule has 1 aromatic rings. The number of halogens is 1. The molecule has 17 heavy (non-hydrogen) atoms. The Hall–Kier alpha value is -0.680. The van der Waals surface area contributed by atoms with Gasteiger partial charge in [-0.2, -0.15) is 0 Å². The van der Waals surface area contributed by atoms with Gasteiger partial charge in [-0.25, -0.2) is 9.97 Å². The number of anilines is 1. The van der Waals surface area contributed by atoms with Gasteiger partial charge in [-0.15, -0.1) is 0 Å². The number of nitrogens with two attached hydrogens (primary N) is 1. The van der Waals surface area contributed by atoms with Gasteiger partial charge in [0.1, 0.15) is 12.1 Å². The molecule has 2 N–H and O–H groups in total. The van der Waals surface area contributed by atoms with Crippen molar-refractivity contribution in [2.75, 3.05) is 18.0 Å². The summed E-state index contributed by atoms with van der Waals surface area (Å²) in [4.78, 5) is 10.8. The Kier molecular flexibility index (Phi) is 3.04. The first-order valence-corrected chi connectivity index (χ1v) is 6.99. The van der Waals surface area contributed by atoms with Crippen LogP contribution >= 0.6 is 15.9 Å². The van der Waals surface area contributed by atoms with E-state index in [4.69, 9.17) is 5.73 Å². The lowest BCUT2D eigenvalue weighted by molar-refractivity contribution is 0.271. The van der Waals surface area contributed by atoms with Crippen molar-refractivity contribution in [3.05, 3.63) is 17.0 Å². The molecule has 1 aliphatic carbocycles. The van der Waals surface area contributed by atoms with E-state index in [1.807, 2.05) is 6.20 Å². The van der Waals surface area contributed by atoms with Gasteiger partial charge in [-0.3, -0.25) is 0 Å². The molecule has 2 fully saturated rings. The van der Waals surface area contributed by atoms with Crippen molar-refractivity contribution in [2.45, 2.75) is 25.3 Å². The molecule has 3 rings (SSSR count). The van der Waals surface area contributed by atoms with Gasteiger partial charge in [-0.05, 0) is 47.0 Å². The predicted molar refractivity (Wildman–Crippen MR) is 70.8 cm³/mol. The van der Waals surface area contributed by atoms with Gasteiger partial charge in [0.25, 0.3) is 0 Å². The summed E-state index contributed by atoms with van der Waals surface area (Å²) in [6.07, 6.45) is 7.05. The minimum absolute atomic E-state index is 0.407. The monoisotopic (exact) mass is 296 g/mol. The Balaban J connectivity index is 1.78. The van der Waals surface area contributed by atoms with Crippen molar-refractivity contribution in [2.24, 2.45) is 17.6 Å². The smallest absolute Gasteiger partial charge is 0.146 e. The molecule has 1 saturated heterocycles. The fraction of sp³-hybridized carbons (Fsp3) is 0.667. The van der Waals surface area contributed by atoms with Crippen molar-refractivity contribution in [1.29, 1.82) is 0 Å². The highest BCUT2D eigenvalue weighted by Crippen LogP contribution is 2.38. The first kappa shape index (κ1) is 11.4. The number of nitrogens with zero attached hydrogens (tertiary/aromatic N) is 3. The predicted octanol–water partition coefficient (Wildman–Crippen LogP) is 1.80. The van der Waals surface area contributed by atoms with Gasteiger partial charge in [0.15, 0.2) is 0 Å². The van der Waals surface area contributed by atoms with E-state index in [1.54, 1.807) is 6.33 Å². The van der Waals surface area contributed by atoms with Gasteiger partial charge in [-0.1, -0.05) is 0 Å². The van der Waals surface area contributed by atoms with Gasteiger partial charge in [0.2, 0.25) is 0 Å². The van der Waals surface area contributed by atoms with E-state index in [1.165, 1.54) is 19.3 Å². The Labute approximate surface area is 110 Å². The van der Waals surface area contributed by atoms with Crippen LogP contribution in [-0.4, -0.2) is 29.1 Å². The number of rotatable bonds is 1. The maximum Gasteiger partial charge on any atom is 0.146 e. The molecule has 1 aromatic heterocycles. The number of hydrogen-bond acceptors (Lipinski definition) is 4. The molecule has 5 heteroatoms. The third-order valence-corrected chi connectivity index (χ3v) is 4.60. The summed E-state index contributed by atoms with van der Waals surface area (Å²) in [6.45, 7) is 2.21. The van der Waals surface area contributed by atoms with Crippen LogP contribution in [0.5, 0.6) is 0 Å². The van der Waals surface area contributed by atoms with Crippen LogP contribution in [0.25, 0.3) is 0 Å². The summed E-state index contributed by atoms with van der Waals surface area (Å²) in [6, 6.07) is 0.407. The second-order valence-electron chi connectivity index (χ2n) is 5.19. The molecule has 92 valence electrons. The molecular weight excluding hydrogens is 280 g/mol. The molecule has 0 amide bonds. The zero-order valence-electron chi connectivity index (χ0n) is 9.72. The molecule has 0 aromatic carbocycles. The molecule has 1 aliphatic heterocycles. The van der Waals surface area contributed by atoms with Crippen LogP contribution in [0.15, 0.2) is 17.0 Å². The van der Waals surface area contributed by atoms with Crippen LogP contribution in [0.4, 0.5) is 5.82 Å². The van der Waals surface area contributed by atoms with Gasteiger partial charge in [0.05, 0.1) is 4.47 Å². The molecule has 0 spiro atoms. The van der Waals surface area contributed by atoms with Crippen LogP contribution in [0.1, 0.15) is 19.3 Å². The highest BCUT2D eigenvalue weighted by molar-refractivity contribution is 9.10. The molecule has 0 bridgehead atoms. The largest absolute Gasteiger partial charge is 0.355 e. The second kappa shape index (κ2) is 4.53. The highest BCUT2D eigenvalue weighted by atomic mass is 79.9. The standard InChI is InChI=1S/C12H17BrN4/c13-11-4-15-7-16-12(11)17-5-8-1-2-10(14)3-9(8)6-17/h4,7-10H,1-3,5-6,14H2/t8-,9+,10?/m1/s1. The summed E-state index contributed by atoms with van der Waals surface area (Å²) in [7, 11) is 0. The molecule has 0 radical (unpaired) electrons. The average Bonchev–Trinajstić information content (AvgIpc) is 2.72. The van der Waals surface area contributed by atoms with Crippen molar-refractivity contribution in [3.63, 3.8) is 0 Å². The van der Waals surface area contributed by atoms with Gasteiger partial charge in [0, 0.05) is 25.3 Å². The Morgan fingerprint density at radius 3 is 2.94 bits per heavy atom. The number of hydrogen-bond donors (Lipinski definition) is 1. The van der Waals surface area contributed by atoms with Crippen molar-refractivity contribution in [1.82, 2.24) is 9.97 Å². The van der Waals surface area contributed by atoms with E-state index in [-0.39, 0.29) is 0 Å². The van der Waals surface area contributed by atoms with Crippen LogP contribution in [-0.2, 0) is 0 Å². The third-order valence-electron chi connectivity index (χ3n) is 4.04. The van der Waals surface area contributed by atoms with E-state index in [0.29, 0.717) is 6.04 Å². The van der Waals surface area contributed by atoms with Crippen molar-refractivity contribution >= 4 is 21.7 Å².